The summed E-state index contributed by atoms with van der Waals surface area (Å²) in [5, 5.41) is 0. The van der Waals surface area contributed by atoms with Crippen molar-refractivity contribution in [1.82, 2.24) is 0 Å². The lowest BCUT2D eigenvalue weighted by molar-refractivity contribution is 0.104. The molecule has 1 aromatic heterocycles. The van der Waals surface area contributed by atoms with E-state index in [2.05, 4.69) is 22.6 Å². The summed E-state index contributed by atoms with van der Waals surface area (Å²) in [6.07, 6.45) is 3.22. The number of hydrogen-bond acceptors (Lipinski definition) is 2. The first kappa shape index (κ1) is 12.1. The van der Waals surface area contributed by atoms with Gasteiger partial charge in [0, 0.05) is 9.13 Å². The van der Waals surface area contributed by atoms with Crippen LogP contribution in [-0.4, -0.2) is 5.78 Å². The topological polar surface area (TPSA) is 30.2 Å². The van der Waals surface area contributed by atoms with Gasteiger partial charge in [-0.2, -0.15) is 0 Å². The molecule has 0 saturated heterocycles. The maximum absolute atomic E-state index is 11.8. The first-order valence-corrected chi connectivity index (χ1v) is 6.27. The first-order chi connectivity index (χ1) is 8.15. The molecule has 0 bridgehead atoms. The SMILES string of the molecule is Cc1ccc(/C=C/C(=O)c2ccc(I)cc2)o1. The van der Waals surface area contributed by atoms with Crippen LogP contribution in [0.5, 0.6) is 0 Å². The van der Waals surface area contributed by atoms with E-state index in [4.69, 9.17) is 4.42 Å². The number of hydrogen-bond donors (Lipinski definition) is 0. The fraction of sp³-hybridized carbons (Fsp3) is 0.0714. The zero-order valence-electron chi connectivity index (χ0n) is 9.31. The van der Waals surface area contributed by atoms with E-state index in [1.54, 1.807) is 6.08 Å². The zero-order valence-corrected chi connectivity index (χ0v) is 11.5. The smallest absolute Gasteiger partial charge is 0.185 e. The second-order valence-corrected chi connectivity index (χ2v) is 4.90. The Morgan fingerprint density at radius 3 is 2.47 bits per heavy atom. The highest BCUT2D eigenvalue weighted by molar-refractivity contribution is 14.1. The molecule has 17 heavy (non-hydrogen) atoms. The van der Waals surface area contributed by atoms with Crippen molar-refractivity contribution in [3.8, 4) is 0 Å². The van der Waals surface area contributed by atoms with Gasteiger partial charge in [-0.05, 0) is 65.9 Å². The molecule has 1 heterocycles. The summed E-state index contributed by atoms with van der Waals surface area (Å²) in [7, 11) is 0. The highest BCUT2D eigenvalue weighted by atomic mass is 127. The van der Waals surface area contributed by atoms with Gasteiger partial charge in [0.15, 0.2) is 5.78 Å². The Hall–Kier alpha value is -1.36. The standard InChI is InChI=1S/C14H11IO2/c1-10-2-7-13(17-10)8-9-14(16)11-3-5-12(15)6-4-11/h2-9H,1H3/b9-8+. The number of halogens is 1. The monoisotopic (exact) mass is 338 g/mol. The molecule has 0 aliphatic rings. The normalized spacial score (nSPS) is 10.9. The Morgan fingerprint density at radius 2 is 1.88 bits per heavy atom. The Labute approximate surface area is 113 Å². The first-order valence-electron chi connectivity index (χ1n) is 5.19. The number of rotatable bonds is 3. The van der Waals surface area contributed by atoms with E-state index in [0.29, 0.717) is 11.3 Å². The maximum Gasteiger partial charge on any atom is 0.185 e. The molecule has 3 heteroatoms. The van der Waals surface area contributed by atoms with Crippen molar-refractivity contribution >= 4 is 34.5 Å². The van der Waals surface area contributed by atoms with E-state index in [1.165, 1.54) is 6.08 Å². The molecule has 86 valence electrons. The molecule has 0 spiro atoms. The van der Waals surface area contributed by atoms with Gasteiger partial charge in [0.1, 0.15) is 11.5 Å². The Balaban J connectivity index is 2.11. The molecule has 2 rings (SSSR count). The van der Waals surface area contributed by atoms with E-state index < -0.39 is 0 Å². The summed E-state index contributed by atoms with van der Waals surface area (Å²) >= 11 is 2.21. The third-order valence-corrected chi connectivity index (χ3v) is 3.01. The predicted molar refractivity (Wildman–Crippen MR) is 76.0 cm³/mol. The Bertz CT molecular complexity index is 550. The van der Waals surface area contributed by atoms with Crippen LogP contribution >= 0.6 is 22.6 Å². The highest BCUT2D eigenvalue weighted by Gasteiger charge is 2.01. The third kappa shape index (κ3) is 3.30. The number of ketones is 1. The van der Waals surface area contributed by atoms with Crippen LogP contribution in [0.1, 0.15) is 21.9 Å². The van der Waals surface area contributed by atoms with Crippen molar-refractivity contribution in [3.63, 3.8) is 0 Å². The minimum atomic E-state index is -0.0181. The van der Waals surface area contributed by atoms with E-state index >= 15 is 0 Å². The molecule has 0 fully saturated rings. The lowest BCUT2D eigenvalue weighted by Gasteiger charge is -1.95. The fourth-order valence-electron chi connectivity index (χ4n) is 1.41. The molecule has 0 aliphatic heterocycles. The molecule has 0 aliphatic carbocycles. The molecule has 0 saturated carbocycles. The van der Waals surface area contributed by atoms with Crippen LogP contribution in [-0.2, 0) is 0 Å². The predicted octanol–water partition coefficient (Wildman–Crippen LogP) is 4.09. The van der Waals surface area contributed by atoms with E-state index in [-0.39, 0.29) is 5.78 Å². The zero-order chi connectivity index (χ0) is 12.3. The lowest BCUT2D eigenvalue weighted by atomic mass is 10.1. The molecule has 0 atom stereocenters. The van der Waals surface area contributed by atoms with Gasteiger partial charge in [-0.15, -0.1) is 0 Å². The van der Waals surface area contributed by atoms with Gasteiger partial charge < -0.3 is 4.42 Å². The number of furan rings is 1. The minimum absolute atomic E-state index is 0.0181. The number of benzene rings is 1. The summed E-state index contributed by atoms with van der Waals surface area (Å²) < 4.78 is 6.46. The molecular weight excluding hydrogens is 327 g/mol. The molecule has 2 nitrogen and oxygen atoms in total. The van der Waals surface area contributed by atoms with Gasteiger partial charge in [0.2, 0.25) is 0 Å². The molecule has 0 amide bonds. The van der Waals surface area contributed by atoms with Crippen LogP contribution in [0, 0.1) is 10.5 Å². The van der Waals surface area contributed by atoms with Gasteiger partial charge in [-0.25, -0.2) is 0 Å². The number of carbonyl (C=O) groups excluding carboxylic acids is 1. The van der Waals surface area contributed by atoms with Crippen LogP contribution in [0.3, 0.4) is 0 Å². The summed E-state index contributed by atoms with van der Waals surface area (Å²) in [5.41, 5.74) is 0.685. The highest BCUT2D eigenvalue weighted by Crippen LogP contribution is 2.11. The second kappa shape index (κ2) is 5.31. The summed E-state index contributed by atoms with van der Waals surface area (Å²) in [6, 6.07) is 11.2. The third-order valence-electron chi connectivity index (χ3n) is 2.29. The number of allylic oxidation sites excluding steroid dienone is 1. The second-order valence-electron chi connectivity index (χ2n) is 3.65. The van der Waals surface area contributed by atoms with Crippen LogP contribution in [0.25, 0.3) is 6.08 Å². The van der Waals surface area contributed by atoms with Crippen LogP contribution < -0.4 is 0 Å². The van der Waals surface area contributed by atoms with Crippen molar-refractivity contribution in [2.24, 2.45) is 0 Å². The van der Waals surface area contributed by atoms with Crippen molar-refractivity contribution in [1.29, 1.82) is 0 Å². The minimum Gasteiger partial charge on any atom is -0.462 e. The molecule has 1 aromatic carbocycles. The van der Waals surface area contributed by atoms with Crippen molar-refractivity contribution in [3.05, 3.63) is 63.1 Å². The molecule has 0 N–H and O–H groups in total. The number of carbonyl (C=O) groups is 1. The van der Waals surface area contributed by atoms with Gasteiger partial charge in [-0.1, -0.05) is 12.1 Å². The van der Waals surface area contributed by atoms with E-state index in [9.17, 15) is 4.79 Å². The summed E-state index contributed by atoms with van der Waals surface area (Å²) in [5.74, 6) is 1.52. The van der Waals surface area contributed by atoms with Gasteiger partial charge in [-0.3, -0.25) is 4.79 Å². The molecular formula is C14H11IO2. The molecule has 0 unspecified atom stereocenters. The molecule has 0 radical (unpaired) electrons. The average Bonchev–Trinajstić information content (AvgIpc) is 2.73. The van der Waals surface area contributed by atoms with E-state index in [1.807, 2.05) is 43.3 Å². The van der Waals surface area contributed by atoms with Gasteiger partial charge >= 0.3 is 0 Å². The quantitative estimate of drug-likeness (QED) is 0.479. The lowest BCUT2D eigenvalue weighted by Crippen LogP contribution is -1.93. The summed E-state index contributed by atoms with van der Waals surface area (Å²) in [4.78, 5) is 11.8. The Morgan fingerprint density at radius 1 is 1.18 bits per heavy atom. The Kier molecular flexibility index (Phi) is 3.78. The average molecular weight is 338 g/mol. The van der Waals surface area contributed by atoms with Crippen molar-refractivity contribution in [2.75, 3.05) is 0 Å². The van der Waals surface area contributed by atoms with Gasteiger partial charge in [0.05, 0.1) is 0 Å². The van der Waals surface area contributed by atoms with Crippen LogP contribution in [0.15, 0.2) is 46.9 Å². The van der Waals surface area contributed by atoms with E-state index in [0.717, 1.165) is 9.33 Å². The fourth-order valence-corrected chi connectivity index (χ4v) is 1.77. The van der Waals surface area contributed by atoms with Crippen molar-refractivity contribution < 1.29 is 9.21 Å². The largest absolute Gasteiger partial charge is 0.462 e. The number of aryl methyl sites for hydroxylation is 1. The van der Waals surface area contributed by atoms with Gasteiger partial charge in [0.25, 0.3) is 0 Å². The maximum atomic E-state index is 11.8. The summed E-state index contributed by atoms with van der Waals surface area (Å²) in [6.45, 7) is 1.87. The van der Waals surface area contributed by atoms with Crippen LogP contribution in [0.2, 0.25) is 0 Å². The van der Waals surface area contributed by atoms with Crippen LogP contribution in [0.4, 0.5) is 0 Å². The molecule has 2 aromatic rings. The van der Waals surface area contributed by atoms with Crippen molar-refractivity contribution in [2.45, 2.75) is 6.92 Å².